The Hall–Kier alpha value is -1.31. The van der Waals surface area contributed by atoms with E-state index in [-0.39, 0.29) is 5.90 Å². The van der Waals surface area contributed by atoms with E-state index in [1.165, 1.54) is 14.2 Å². The number of likely N-dealkylation sites (N-methyl/N-ethyl adjacent to an activating group) is 1. The van der Waals surface area contributed by atoms with Gasteiger partial charge in [-0.1, -0.05) is 6.07 Å². The van der Waals surface area contributed by atoms with Crippen LogP contribution in [0.5, 0.6) is 5.75 Å². The lowest BCUT2D eigenvalue weighted by atomic mass is 10.2. The molecule has 17 heavy (non-hydrogen) atoms. The predicted molar refractivity (Wildman–Crippen MR) is 73.0 cm³/mol. The van der Waals surface area contributed by atoms with Crippen LogP contribution in [0.1, 0.15) is 5.56 Å². The van der Waals surface area contributed by atoms with Crippen molar-refractivity contribution in [3.63, 3.8) is 0 Å². The van der Waals surface area contributed by atoms with E-state index in [1.54, 1.807) is 0 Å². The van der Waals surface area contributed by atoms with E-state index in [9.17, 15) is 4.79 Å². The number of carbonyl (C=O) groups is 1. The second-order valence-corrected chi connectivity index (χ2v) is 4.42. The van der Waals surface area contributed by atoms with Crippen LogP contribution in [0.3, 0.4) is 0 Å². The van der Waals surface area contributed by atoms with Gasteiger partial charge in [-0.3, -0.25) is 4.79 Å². The molecule has 0 saturated heterocycles. The molecule has 0 radical (unpaired) electrons. The molecule has 0 saturated carbocycles. The third-order valence-electron chi connectivity index (χ3n) is 1.95. The number of rotatable bonds is 2. The van der Waals surface area contributed by atoms with Crippen LogP contribution in [0.15, 0.2) is 23.4 Å². The Morgan fingerprint density at radius 1 is 1.47 bits per heavy atom. The lowest BCUT2D eigenvalue weighted by molar-refractivity contribution is -0.115. The van der Waals surface area contributed by atoms with Crippen LogP contribution in [0.25, 0.3) is 0 Å². The van der Waals surface area contributed by atoms with Crippen molar-refractivity contribution in [2.45, 2.75) is 6.92 Å². The van der Waals surface area contributed by atoms with E-state index in [0.717, 1.165) is 9.13 Å². The van der Waals surface area contributed by atoms with Crippen LogP contribution in [-0.4, -0.2) is 26.0 Å². The number of carbonyl (C=O) groups excluding carboxylic acids is 1. The van der Waals surface area contributed by atoms with Gasteiger partial charge in [0.15, 0.2) is 0 Å². The van der Waals surface area contributed by atoms with Crippen LogP contribution in [0.4, 0.5) is 0 Å². The third-order valence-corrected chi connectivity index (χ3v) is 2.62. The first-order chi connectivity index (χ1) is 8.08. The third kappa shape index (κ3) is 3.88. The standard InChI is InChI=1S/C11H13IN2O3/c1-7-4-5-8(12)6-9(7)17-11(14-16-3)10(15)13-2/h4-6H,1-3H3,(H,13,15). The Balaban J connectivity index is 2.97. The number of benzene rings is 1. The summed E-state index contributed by atoms with van der Waals surface area (Å²) in [6, 6.07) is 5.69. The van der Waals surface area contributed by atoms with Crippen LogP contribution >= 0.6 is 22.6 Å². The summed E-state index contributed by atoms with van der Waals surface area (Å²) >= 11 is 2.17. The van der Waals surface area contributed by atoms with E-state index in [4.69, 9.17) is 4.74 Å². The highest BCUT2D eigenvalue weighted by molar-refractivity contribution is 14.1. The van der Waals surface area contributed by atoms with Crippen molar-refractivity contribution in [3.8, 4) is 5.75 Å². The SMILES string of the molecule is CNC(=O)C(=NOC)Oc1cc(I)ccc1C. The number of halogens is 1. The van der Waals surface area contributed by atoms with Crippen LogP contribution in [0, 0.1) is 10.5 Å². The van der Waals surface area contributed by atoms with Gasteiger partial charge in [0.2, 0.25) is 0 Å². The van der Waals surface area contributed by atoms with Crippen molar-refractivity contribution in [3.05, 3.63) is 27.3 Å². The zero-order valence-corrected chi connectivity index (χ0v) is 11.9. The molecule has 0 bridgehead atoms. The molecule has 1 N–H and O–H groups in total. The molecule has 0 heterocycles. The van der Waals surface area contributed by atoms with E-state index in [0.29, 0.717) is 5.75 Å². The topological polar surface area (TPSA) is 59.9 Å². The molecule has 1 rings (SSSR count). The van der Waals surface area contributed by atoms with Crippen LogP contribution < -0.4 is 10.1 Å². The second-order valence-electron chi connectivity index (χ2n) is 3.17. The molecule has 6 heteroatoms. The Labute approximate surface area is 113 Å². The summed E-state index contributed by atoms with van der Waals surface area (Å²) < 4.78 is 6.44. The van der Waals surface area contributed by atoms with Crippen molar-refractivity contribution >= 4 is 34.4 Å². The highest BCUT2D eigenvalue weighted by Gasteiger charge is 2.14. The van der Waals surface area contributed by atoms with Gasteiger partial charge in [-0.25, -0.2) is 0 Å². The molecule has 0 spiro atoms. The summed E-state index contributed by atoms with van der Waals surface area (Å²) in [4.78, 5) is 16.0. The molecule has 1 aromatic carbocycles. The van der Waals surface area contributed by atoms with Gasteiger partial charge < -0.3 is 14.9 Å². The van der Waals surface area contributed by atoms with Crippen LogP contribution in [0.2, 0.25) is 0 Å². The highest BCUT2D eigenvalue weighted by atomic mass is 127. The minimum Gasteiger partial charge on any atom is -0.432 e. The first-order valence-corrected chi connectivity index (χ1v) is 5.93. The van der Waals surface area contributed by atoms with Gasteiger partial charge in [-0.05, 0) is 52.4 Å². The van der Waals surface area contributed by atoms with E-state index in [1.807, 2.05) is 25.1 Å². The molecule has 1 aromatic rings. The molecule has 92 valence electrons. The maximum atomic E-state index is 11.5. The lowest BCUT2D eigenvalue weighted by Crippen LogP contribution is -2.32. The normalized spacial score (nSPS) is 10.9. The number of ether oxygens (including phenoxy) is 1. The van der Waals surface area contributed by atoms with E-state index < -0.39 is 5.91 Å². The molecule has 0 aliphatic carbocycles. The molecule has 0 atom stereocenters. The monoisotopic (exact) mass is 348 g/mol. The Morgan fingerprint density at radius 3 is 2.76 bits per heavy atom. The lowest BCUT2D eigenvalue weighted by Gasteiger charge is -2.09. The highest BCUT2D eigenvalue weighted by Crippen LogP contribution is 2.20. The van der Waals surface area contributed by atoms with Gasteiger partial charge in [-0.2, -0.15) is 0 Å². The van der Waals surface area contributed by atoms with Crippen molar-refractivity contribution < 1.29 is 14.4 Å². The minimum atomic E-state index is -0.440. The van der Waals surface area contributed by atoms with E-state index >= 15 is 0 Å². The number of oxime groups is 1. The van der Waals surface area contributed by atoms with Gasteiger partial charge in [0.1, 0.15) is 12.9 Å². The average Bonchev–Trinajstić information content (AvgIpc) is 2.32. The molecular weight excluding hydrogens is 335 g/mol. The minimum absolute atomic E-state index is 0.125. The summed E-state index contributed by atoms with van der Waals surface area (Å²) in [5.74, 6) is 0.0153. The second kappa shape index (κ2) is 6.43. The first kappa shape index (κ1) is 13.8. The van der Waals surface area contributed by atoms with Gasteiger partial charge in [0, 0.05) is 10.6 Å². The first-order valence-electron chi connectivity index (χ1n) is 4.85. The fourth-order valence-electron chi connectivity index (χ4n) is 1.08. The molecule has 0 aliphatic heterocycles. The Kier molecular flexibility index (Phi) is 5.20. The molecule has 1 amide bonds. The summed E-state index contributed by atoms with van der Waals surface area (Å²) in [5, 5.41) is 5.97. The maximum Gasteiger partial charge on any atom is 0.321 e. The fraction of sp³-hybridized carbons (Fsp3) is 0.273. The van der Waals surface area contributed by atoms with E-state index in [2.05, 4.69) is 37.9 Å². The maximum absolute atomic E-state index is 11.5. The molecule has 5 nitrogen and oxygen atoms in total. The fourth-order valence-corrected chi connectivity index (χ4v) is 1.55. The number of amides is 1. The van der Waals surface area contributed by atoms with Crippen molar-refractivity contribution in [2.75, 3.05) is 14.2 Å². The number of nitrogens with one attached hydrogen (secondary N) is 1. The summed E-state index contributed by atoms with van der Waals surface area (Å²) in [5.41, 5.74) is 0.915. The van der Waals surface area contributed by atoms with Gasteiger partial charge >= 0.3 is 11.8 Å². The van der Waals surface area contributed by atoms with Gasteiger partial charge in [-0.15, -0.1) is 0 Å². The molecule has 0 unspecified atom stereocenters. The van der Waals surface area contributed by atoms with Gasteiger partial charge in [0.25, 0.3) is 0 Å². The van der Waals surface area contributed by atoms with Crippen LogP contribution in [-0.2, 0) is 9.63 Å². The van der Waals surface area contributed by atoms with Crippen molar-refractivity contribution in [1.29, 1.82) is 0 Å². The number of aryl methyl sites for hydroxylation is 1. The van der Waals surface area contributed by atoms with Crippen molar-refractivity contribution in [1.82, 2.24) is 5.32 Å². The number of hydrogen-bond donors (Lipinski definition) is 1. The summed E-state index contributed by atoms with van der Waals surface area (Å²) in [6.07, 6.45) is 0. The Bertz CT molecular complexity index is 446. The average molecular weight is 348 g/mol. The molecule has 0 fully saturated rings. The largest absolute Gasteiger partial charge is 0.432 e. The summed E-state index contributed by atoms with van der Waals surface area (Å²) in [6.45, 7) is 1.89. The number of hydrogen-bond acceptors (Lipinski definition) is 4. The zero-order valence-electron chi connectivity index (χ0n) is 9.78. The summed E-state index contributed by atoms with van der Waals surface area (Å²) in [7, 11) is 2.85. The Morgan fingerprint density at radius 2 is 2.18 bits per heavy atom. The quantitative estimate of drug-likeness (QED) is 0.383. The number of nitrogens with zero attached hydrogens (tertiary/aromatic N) is 1. The van der Waals surface area contributed by atoms with Gasteiger partial charge in [0.05, 0.1) is 0 Å². The van der Waals surface area contributed by atoms with Crippen molar-refractivity contribution in [2.24, 2.45) is 5.16 Å². The molecule has 0 aromatic heterocycles. The zero-order chi connectivity index (χ0) is 12.8. The predicted octanol–water partition coefficient (Wildman–Crippen LogP) is 1.68. The molecule has 0 aliphatic rings. The smallest absolute Gasteiger partial charge is 0.321 e. The molecular formula is C11H13IN2O3.